The van der Waals surface area contributed by atoms with E-state index in [1.54, 1.807) is 48.5 Å². The highest BCUT2D eigenvalue weighted by Gasteiger charge is 2.19. The average Bonchev–Trinajstić information content (AvgIpc) is 2.65. The number of ether oxygens (including phenoxy) is 1. The van der Waals surface area contributed by atoms with Crippen molar-refractivity contribution in [2.24, 2.45) is 0 Å². The fraction of sp³-hybridized carbons (Fsp3) is 0.158. The zero-order valence-electron chi connectivity index (χ0n) is 13.7. The van der Waals surface area contributed by atoms with Crippen molar-refractivity contribution in [1.29, 1.82) is 0 Å². The Morgan fingerprint density at radius 2 is 1.96 bits per heavy atom. The molecule has 5 nitrogen and oxygen atoms in total. The standard InChI is InChI=1S/C19H17ClN2O3/c1-3-14-5-4-6-16(11-14)22(12-18(23)21-2)19(24)13-25-17-9-7-15(20)8-10-17/h1,4-11H,12-13H2,2H3,(H,21,23). The molecule has 0 aliphatic heterocycles. The molecule has 1 N–H and O–H groups in total. The molecule has 25 heavy (non-hydrogen) atoms. The molecule has 2 rings (SSSR count). The molecule has 0 spiro atoms. The van der Waals surface area contributed by atoms with Crippen LogP contribution in [0.25, 0.3) is 0 Å². The number of carbonyl (C=O) groups is 2. The number of hydrogen-bond acceptors (Lipinski definition) is 3. The molecule has 0 saturated heterocycles. The van der Waals surface area contributed by atoms with Crippen LogP contribution in [0, 0.1) is 12.3 Å². The minimum Gasteiger partial charge on any atom is -0.484 e. The predicted octanol–water partition coefficient (Wildman–Crippen LogP) is 2.48. The Morgan fingerprint density at radius 1 is 1.24 bits per heavy atom. The fourth-order valence-electron chi connectivity index (χ4n) is 2.06. The first-order chi connectivity index (χ1) is 12.0. The first kappa shape index (κ1) is 18.4. The van der Waals surface area contributed by atoms with Gasteiger partial charge in [-0.2, -0.15) is 0 Å². The molecular formula is C19H17ClN2O3. The molecule has 0 bridgehead atoms. The summed E-state index contributed by atoms with van der Waals surface area (Å²) in [5.74, 6) is 2.35. The van der Waals surface area contributed by atoms with Gasteiger partial charge in [-0.15, -0.1) is 6.42 Å². The number of halogens is 1. The summed E-state index contributed by atoms with van der Waals surface area (Å²) in [6.45, 7) is -0.355. The van der Waals surface area contributed by atoms with E-state index in [-0.39, 0.29) is 25.0 Å². The van der Waals surface area contributed by atoms with E-state index in [0.717, 1.165) is 0 Å². The quantitative estimate of drug-likeness (QED) is 0.809. The number of rotatable bonds is 6. The SMILES string of the molecule is C#Cc1cccc(N(CC(=O)NC)C(=O)COc2ccc(Cl)cc2)c1. The fourth-order valence-corrected chi connectivity index (χ4v) is 2.19. The molecule has 0 aliphatic carbocycles. The lowest BCUT2D eigenvalue weighted by Crippen LogP contribution is -2.42. The topological polar surface area (TPSA) is 58.6 Å². The maximum absolute atomic E-state index is 12.6. The summed E-state index contributed by atoms with van der Waals surface area (Å²) in [6, 6.07) is 13.5. The number of amides is 2. The van der Waals surface area contributed by atoms with Gasteiger partial charge in [0.25, 0.3) is 5.91 Å². The summed E-state index contributed by atoms with van der Waals surface area (Å²) in [7, 11) is 1.51. The van der Waals surface area contributed by atoms with Gasteiger partial charge in [0.05, 0.1) is 0 Å². The first-order valence-corrected chi connectivity index (χ1v) is 7.87. The molecule has 2 aromatic rings. The smallest absolute Gasteiger partial charge is 0.265 e. The van der Waals surface area contributed by atoms with Gasteiger partial charge in [-0.3, -0.25) is 9.59 Å². The highest BCUT2D eigenvalue weighted by molar-refractivity contribution is 6.30. The van der Waals surface area contributed by atoms with Crippen LogP contribution in [0.1, 0.15) is 5.56 Å². The number of anilines is 1. The Labute approximate surface area is 151 Å². The summed E-state index contributed by atoms with van der Waals surface area (Å²) in [5, 5.41) is 3.08. The minimum atomic E-state index is -0.368. The van der Waals surface area contributed by atoms with Gasteiger partial charge < -0.3 is 15.0 Å². The number of benzene rings is 2. The first-order valence-electron chi connectivity index (χ1n) is 7.49. The maximum atomic E-state index is 12.6. The molecular weight excluding hydrogens is 340 g/mol. The number of nitrogens with zero attached hydrogens (tertiary/aromatic N) is 1. The summed E-state index contributed by atoms with van der Waals surface area (Å²) >= 11 is 5.82. The van der Waals surface area contributed by atoms with Gasteiger partial charge in [-0.05, 0) is 42.5 Å². The van der Waals surface area contributed by atoms with E-state index in [1.165, 1.54) is 11.9 Å². The molecule has 0 aliphatic rings. The second-order valence-electron chi connectivity index (χ2n) is 5.09. The highest BCUT2D eigenvalue weighted by Crippen LogP contribution is 2.18. The molecule has 0 saturated carbocycles. The third kappa shape index (κ3) is 5.27. The van der Waals surface area contributed by atoms with Gasteiger partial charge in [0.15, 0.2) is 6.61 Å². The van der Waals surface area contributed by atoms with Crippen LogP contribution in [0.15, 0.2) is 48.5 Å². The van der Waals surface area contributed by atoms with Crippen LogP contribution in [-0.4, -0.2) is 32.0 Å². The molecule has 2 aromatic carbocycles. The van der Waals surface area contributed by atoms with Crippen LogP contribution in [0.4, 0.5) is 5.69 Å². The molecule has 0 unspecified atom stereocenters. The van der Waals surface area contributed by atoms with Crippen molar-refractivity contribution in [2.45, 2.75) is 0 Å². The lowest BCUT2D eigenvalue weighted by molar-refractivity contribution is -0.124. The Morgan fingerprint density at radius 3 is 2.60 bits per heavy atom. The van der Waals surface area contributed by atoms with Gasteiger partial charge >= 0.3 is 0 Å². The zero-order valence-corrected chi connectivity index (χ0v) is 14.4. The molecule has 0 radical (unpaired) electrons. The number of hydrogen-bond donors (Lipinski definition) is 1. The molecule has 128 valence electrons. The van der Waals surface area contributed by atoms with E-state index >= 15 is 0 Å². The molecule has 6 heteroatoms. The minimum absolute atomic E-state index is 0.132. The number of likely N-dealkylation sites (N-methyl/N-ethyl adjacent to an activating group) is 1. The van der Waals surface area contributed by atoms with E-state index in [0.29, 0.717) is 22.0 Å². The normalized spacial score (nSPS) is 9.80. The summed E-state index contributed by atoms with van der Waals surface area (Å²) in [6.07, 6.45) is 5.40. The Kier molecular flexibility index (Phi) is 6.44. The van der Waals surface area contributed by atoms with Gasteiger partial charge in [-0.25, -0.2) is 0 Å². The van der Waals surface area contributed by atoms with Crippen molar-refractivity contribution in [3.05, 3.63) is 59.1 Å². The lowest BCUT2D eigenvalue weighted by atomic mass is 10.2. The van der Waals surface area contributed by atoms with Crippen LogP contribution in [0.5, 0.6) is 5.75 Å². The van der Waals surface area contributed by atoms with Crippen LogP contribution in [-0.2, 0) is 9.59 Å². The van der Waals surface area contributed by atoms with Crippen LogP contribution >= 0.6 is 11.6 Å². The molecule has 0 heterocycles. The van der Waals surface area contributed by atoms with Crippen molar-refractivity contribution in [3.8, 4) is 18.1 Å². The second-order valence-corrected chi connectivity index (χ2v) is 5.53. The Bertz CT molecular complexity index is 797. The van der Waals surface area contributed by atoms with E-state index in [4.69, 9.17) is 22.8 Å². The number of terminal acetylenes is 1. The molecule has 0 fully saturated rings. The van der Waals surface area contributed by atoms with Crippen molar-refractivity contribution < 1.29 is 14.3 Å². The van der Waals surface area contributed by atoms with E-state index < -0.39 is 0 Å². The van der Waals surface area contributed by atoms with E-state index in [9.17, 15) is 9.59 Å². The maximum Gasteiger partial charge on any atom is 0.265 e. The van der Waals surface area contributed by atoms with Gasteiger partial charge in [0.2, 0.25) is 5.91 Å². The summed E-state index contributed by atoms with van der Waals surface area (Å²) < 4.78 is 5.48. The largest absolute Gasteiger partial charge is 0.484 e. The van der Waals surface area contributed by atoms with Crippen molar-refractivity contribution in [2.75, 3.05) is 25.1 Å². The summed E-state index contributed by atoms with van der Waals surface area (Å²) in [4.78, 5) is 25.7. The third-order valence-corrected chi connectivity index (χ3v) is 3.63. The molecule has 2 amide bonds. The second kappa shape index (κ2) is 8.76. The molecule has 0 aromatic heterocycles. The van der Waals surface area contributed by atoms with Crippen LogP contribution in [0.2, 0.25) is 5.02 Å². The third-order valence-electron chi connectivity index (χ3n) is 3.38. The highest BCUT2D eigenvalue weighted by atomic mass is 35.5. The monoisotopic (exact) mass is 356 g/mol. The number of carbonyl (C=O) groups excluding carboxylic acids is 2. The van der Waals surface area contributed by atoms with Crippen LogP contribution in [0.3, 0.4) is 0 Å². The Balaban J connectivity index is 2.16. The number of nitrogens with one attached hydrogen (secondary N) is 1. The zero-order chi connectivity index (χ0) is 18.2. The van der Waals surface area contributed by atoms with E-state index in [1.807, 2.05) is 0 Å². The average molecular weight is 357 g/mol. The van der Waals surface area contributed by atoms with Crippen molar-refractivity contribution >= 4 is 29.1 Å². The predicted molar refractivity (Wildman–Crippen MR) is 97.7 cm³/mol. The van der Waals surface area contributed by atoms with Crippen molar-refractivity contribution in [3.63, 3.8) is 0 Å². The van der Waals surface area contributed by atoms with Gasteiger partial charge in [0, 0.05) is 23.3 Å². The van der Waals surface area contributed by atoms with Gasteiger partial charge in [-0.1, -0.05) is 23.6 Å². The van der Waals surface area contributed by atoms with Crippen molar-refractivity contribution in [1.82, 2.24) is 5.32 Å². The molecule has 0 atom stereocenters. The summed E-state index contributed by atoms with van der Waals surface area (Å²) in [5.41, 5.74) is 1.15. The van der Waals surface area contributed by atoms with Gasteiger partial charge in [0.1, 0.15) is 12.3 Å². The Hall–Kier alpha value is -2.97. The van der Waals surface area contributed by atoms with Crippen LogP contribution < -0.4 is 15.0 Å². The lowest BCUT2D eigenvalue weighted by Gasteiger charge is -2.22. The van der Waals surface area contributed by atoms with E-state index in [2.05, 4.69) is 11.2 Å².